The summed E-state index contributed by atoms with van der Waals surface area (Å²) in [4.78, 5) is 9.09. The van der Waals surface area contributed by atoms with Gasteiger partial charge < -0.3 is 10.5 Å². The number of aromatic nitrogens is 2. The topological polar surface area (TPSA) is 61.0 Å². The van der Waals surface area contributed by atoms with Gasteiger partial charge in [-0.3, -0.25) is 0 Å². The molecule has 0 radical (unpaired) electrons. The molecule has 0 atom stereocenters. The number of nitrogen functional groups attached to an aromatic ring is 1. The lowest BCUT2D eigenvalue weighted by atomic mass is 10.1. The van der Waals surface area contributed by atoms with Crippen molar-refractivity contribution in [1.29, 1.82) is 0 Å². The van der Waals surface area contributed by atoms with Gasteiger partial charge in [-0.05, 0) is 52.6 Å². The Labute approximate surface area is 139 Å². The Hall–Kier alpha value is -1.37. The van der Waals surface area contributed by atoms with Crippen molar-refractivity contribution in [2.75, 3.05) is 12.8 Å². The van der Waals surface area contributed by atoms with E-state index < -0.39 is 0 Å². The molecule has 5 heteroatoms. The quantitative estimate of drug-likeness (QED) is 0.786. The van der Waals surface area contributed by atoms with Gasteiger partial charge in [0.2, 0.25) is 0 Å². The molecule has 4 nitrogen and oxygen atoms in total. The number of benzene rings is 1. The Balaban J connectivity index is 2.24. The molecule has 0 unspecified atom stereocenters. The SMILES string of the molecule is COc1ccc(Cc2nc(N)c(I)c(CC(C)C)n2)cc1. The lowest BCUT2D eigenvalue weighted by Crippen LogP contribution is -2.10. The monoisotopic (exact) mass is 397 g/mol. The van der Waals surface area contributed by atoms with E-state index in [0.29, 0.717) is 18.2 Å². The van der Waals surface area contributed by atoms with Crippen LogP contribution in [0.3, 0.4) is 0 Å². The molecule has 1 heterocycles. The van der Waals surface area contributed by atoms with Crippen LogP contribution in [0.4, 0.5) is 5.82 Å². The average molecular weight is 397 g/mol. The maximum absolute atomic E-state index is 6.02. The van der Waals surface area contributed by atoms with Gasteiger partial charge in [-0.1, -0.05) is 26.0 Å². The van der Waals surface area contributed by atoms with Gasteiger partial charge >= 0.3 is 0 Å². The van der Waals surface area contributed by atoms with Gasteiger partial charge in [0, 0.05) is 6.42 Å². The van der Waals surface area contributed by atoms with Crippen molar-refractivity contribution < 1.29 is 4.74 Å². The predicted octanol–water partition coefficient (Wildman–Crippen LogP) is 3.46. The van der Waals surface area contributed by atoms with Crippen LogP contribution in [0, 0.1) is 9.49 Å². The van der Waals surface area contributed by atoms with Crippen molar-refractivity contribution in [1.82, 2.24) is 9.97 Å². The molecule has 0 spiro atoms. The molecule has 112 valence electrons. The number of nitrogens with two attached hydrogens (primary N) is 1. The highest BCUT2D eigenvalue weighted by Crippen LogP contribution is 2.21. The number of rotatable bonds is 5. The van der Waals surface area contributed by atoms with Gasteiger partial charge in [-0.2, -0.15) is 0 Å². The third-order valence-electron chi connectivity index (χ3n) is 3.11. The fourth-order valence-corrected chi connectivity index (χ4v) is 2.55. The maximum atomic E-state index is 6.02. The van der Waals surface area contributed by atoms with Gasteiger partial charge in [0.15, 0.2) is 0 Å². The molecule has 2 rings (SSSR count). The summed E-state index contributed by atoms with van der Waals surface area (Å²) >= 11 is 2.23. The van der Waals surface area contributed by atoms with Crippen LogP contribution in [0.5, 0.6) is 5.75 Å². The zero-order valence-corrected chi connectivity index (χ0v) is 14.7. The van der Waals surface area contributed by atoms with Crippen LogP contribution in [0.15, 0.2) is 24.3 Å². The maximum Gasteiger partial charge on any atom is 0.140 e. The number of halogens is 1. The summed E-state index contributed by atoms with van der Waals surface area (Å²) in [5.41, 5.74) is 8.21. The van der Waals surface area contributed by atoms with E-state index in [4.69, 9.17) is 10.5 Å². The minimum Gasteiger partial charge on any atom is -0.497 e. The second-order valence-electron chi connectivity index (χ2n) is 5.41. The molecule has 0 aliphatic carbocycles. The molecule has 0 aliphatic rings. The molecular weight excluding hydrogens is 377 g/mol. The summed E-state index contributed by atoms with van der Waals surface area (Å²) in [5.74, 6) is 2.74. The highest BCUT2D eigenvalue weighted by molar-refractivity contribution is 14.1. The Bertz CT molecular complexity index is 612. The fraction of sp³-hybridized carbons (Fsp3) is 0.375. The minimum atomic E-state index is 0.543. The first kappa shape index (κ1) is 16.0. The molecule has 0 saturated carbocycles. The van der Waals surface area contributed by atoms with Crippen LogP contribution in [0.1, 0.15) is 30.9 Å². The summed E-state index contributed by atoms with van der Waals surface area (Å²) in [6.45, 7) is 4.36. The smallest absolute Gasteiger partial charge is 0.140 e. The van der Waals surface area contributed by atoms with Crippen molar-refractivity contribution in [3.05, 3.63) is 44.9 Å². The molecule has 1 aromatic carbocycles. The van der Waals surface area contributed by atoms with E-state index >= 15 is 0 Å². The molecule has 0 aliphatic heterocycles. The first-order chi connectivity index (χ1) is 9.99. The Morgan fingerprint density at radius 1 is 1.19 bits per heavy atom. The summed E-state index contributed by atoms with van der Waals surface area (Å²) in [6, 6.07) is 7.94. The largest absolute Gasteiger partial charge is 0.497 e. The van der Waals surface area contributed by atoms with E-state index in [9.17, 15) is 0 Å². The summed E-state index contributed by atoms with van der Waals surface area (Å²) in [6.07, 6.45) is 1.59. The van der Waals surface area contributed by atoms with E-state index in [1.54, 1.807) is 7.11 Å². The molecule has 0 fully saturated rings. The van der Waals surface area contributed by atoms with Crippen molar-refractivity contribution in [2.45, 2.75) is 26.7 Å². The summed E-state index contributed by atoms with van der Waals surface area (Å²) in [5, 5.41) is 0. The first-order valence-electron chi connectivity index (χ1n) is 6.93. The van der Waals surface area contributed by atoms with E-state index in [-0.39, 0.29) is 0 Å². The zero-order valence-electron chi connectivity index (χ0n) is 12.6. The molecular formula is C16H20IN3O. The third kappa shape index (κ3) is 4.30. The van der Waals surface area contributed by atoms with Gasteiger partial charge in [0.1, 0.15) is 17.4 Å². The number of methoxy groups -OCH3 is 1. The number of hydrogen-bond donors (Lipinski definition) is 1. The van der Waals surface area contributed by atoms with Crippen LogP contribution >= 0.6 is 22.6 Å². The van der Waals surface area contributed by atoms with Crippen LogP contribution in [-0.4, -0.2) is 17.1 Å². The highest BCUT2D eigenvalue weighted by Gasteiger charge is 2.12. The average Bonchev–Trinajstić information content (AvgIpc) is 2.44. The molecule has 1 aromatic heterocycles. The second kappa shape index (κ2) is 7.06. The Morgan fingerprint density at radius 3 is 2.43 bits per heavy atom. The van der Waals surface area contributed by atoms with Crippen LogP contribution in [0.2, 0.25) is 0 Å². The molecule has 2 N–H and O–H groups in total. The van der Waals surface area contributed by atoms with E-state index in [2.05, 4.69) is 46.4 Å². The molecule has 2 aromatic rings. The lowest BCUT2D eigenvalue weighted by molar-refractivity contribution is 0.414. The van der Waals surface area contributed by atoms with Gasteiger partial charge in [0.05, 0.1) is 16.4 Å². The van der Waals surface area contributed by atoms with E-state index in [1.165, 1.54) is 0 Å². The zero-order chi connectivity index (χ0) is 15.4. The van der Waals surface area contributed by atoms with Crippen molar-refractivity contribution >= 4 is 28.4 Å². The van der Waals surface area contributed by atoms with E-state index in [1.807, 2.05) is 24.3 Å². The molecule has 0 amide bonds. The molecule has 21 heavy (non-hydrogen) atoms. The first-order valence-corrected chi connectivity index (χ1v) is 8.01. The van der Waals surface area contributed by atoms with Crippen molar-refractivity contribution in [3.63, 3.8) is 0 Å². The predicted molar refractivity (Wildman–Crippen MR) is 93.5 cm³/mol. The van der Waals surface area contributed by atoms with Crippen LogP contribution in [-0.2, 0) is 12.8 Å². The van der Waals surface area contributed by atoms with Gasteiger partial charge in [0.25, 0.3) is 0 Å². The molecule has 0 bridgehead atoms. The van der Waals surface area contributed by atoms with Gasteiger partial charge in [-0.25, -0.2) is 9.97 Å². The number of nitrogens with zero attached hydrogens (tertiary/aromatic N) is 2. The third-order valence-corrected chi connectivity index (χ3v) is 4.29. The number of hydrogen-bond acceptors (Lipinski definition) is 4. The van der Waals surface area contributed by atoms with E-state index in [0.717, 1.165) is 32.8 Å². The van der Waals surface area contributed by atoms with Crippen LogP contribution < -0.4 is 10.5 Å². The second-order valence-corrected chi connectivity index (χ2v) is 6.49. The Kier molecular flexibility index (Phi) is 5.39. The lowest BCUT2D eigenvalue weighted by Gasteiger charge is -2.11. The summed E-state index contributed by atoms with van der Waals surface area (Å²) < 4.78 is 6.14. The number of ether oxygens (including phenoxy) is 1. The standard InChI is InChI=1S/C16H20IN3O/c1-10(2)8-13-15(17)16(18)20-14(19-13)9-11-4-6-12(21-3)7-5-11/h4-7,10H,8-9H2,1-3H3,(H2,18,19,20). The minimum absolute atomic E-state index is 0.543. The number of anilines is 1. The summed E-state index contributed by atoms with van der Waals surface area (Å²) in [7, 11) is 1.66. The van der Waals surface area contributed by atoms with Crippen molar-refractivity contribution in [3.8, 4) is 5.75 Å². The highest BCUT2D eigenvalue weighted by atomic mass is 127. The normalized spacial score (nSPS) is 10.9. The van der Waals surface area contributed by atoms with Crippen LogP contribution in [0.25, 0.3) is 0 Å². The van der Waals surface area contributed by atoms with Crippen molar-refractivity contribution in [2.24, 2.45) is 5.92 Å². The molecule has 0 saturated heterocycles. The fourth-order valence-electron chi connectivity index (χ4n) is 2.09. The Morgan fingerprint density at radius 2 is 1.86 bits per heavy atom. The van der Waals surface area contributed by atoms with Gasteiger partial charge in [-0.15, -0.1) is 0 Å².